The molecule has 1 N–H and O–H groups in total. The second-order valence-electron chi connectivity index (χ2n) is 8.71. The summed E-state index contributed by atoms with van der Waals surface area (Å²) in [5.74, 6) is 2.35. The summed E-state index contributed by atoms with van der Waals surface area (Å²) in [6.07, 6.45) is 7.45. The number of hydrogen-bond donors (Lipinski definition) is 1. The molecule has 0 bridgehead atoms. The van der Waals surface area contributed by atoms with Crippen LogP contribution in [-0.2, 0) is 4.79 Å². The molecule has 0 aliphatic carbocycles. The number of anilines is 2. The van der Waals surface area contributed by atoms with Gasteiger partial charge in [-0.3, -0.25) is 9.69 Å². The first-order valence-corrected chi connectivity index (χ1v) is 11.3. The van der Waals surface area contributed by atoms with E-state index in [0.29, 0.717) is 18.5 Å². The number of nitrogens with one attached hydrogen (secondary N) is 1. The Balaban J connectivity index is 1.33. The summed E-state index contributed by atoms with van der Waals surface area (Å²) in [6, 6.07) is 10.6. The number of likely N-dealkylation sites (tertiary alicyclic amines) is 2. The van der Waals surface area contributed by atoms with Crippen molar-refractivity contribution in [1.82, 2.24) is 19.8 Å². The molecule has 2 aliphatic rings. The number of hydrogen-bond acceptors (Lipinski definition) is 5. The second-order valence-corrected chi connectivity index (χ2v) is 8.71. The molecule has 6 nitrogen and oxygen atoms in total. The zero-order valence-electron chi connectivity index (χ0n) is 18.2. The van der Waals surface area contributed by atoms with Gasteiger partial charge in [-0.25, -0.2) is 9.97 Å². The molecule has 0 saturated carbocycles. The van der Waals surface area contributed by atoms with Crippen molar-refractivity contribution in [3.05, 3.63) is 47.8 Å². The van der Waals surface area contributed by atoms with Gasteiger partial charge >= 0.3 is 0 Å². The largest absolute Gasteiger partial charge is 0.342 e. The predicted octanol–water partition coefficient (Wildman–Crippen LogP) is 4.11. The van der Waals surface area contributed by atoms with Crippen LogP contribution in [0.5, 0.6) is 0 Å². The molecule has 1 amide bonds. The minimum Gasteiger partial charge on any atom is -0.342 e. The molecule has 160 valence electrons. The fraction of sp³-hybridized carbons (Fsp3) is 0.542. The van der Waals surface area contributed by atoms with Gasteiger partial charge in [0, 0.05) is 36.9 Å². The number of carbonyl (C=O) groups excluding carboxylic acids is 1. The third kappa shape index (κ3) is 4.98. The van der Waals surface area contributed by atoms with Crippen LogP contribution in [0.4, 0.5) is 11.6 Å². The Labute approximate surface area is 179 Å². The number of aryl methyl sites for hydroxylation is 1. The first-order chi connectivity index (χ1) is 14.6. The van der Waals surface area contributed by atoms with E-state index in [1.807, 2.05) is 25.1 Å². The lowest BCUT2D eigenvalue weighted by atomic mass is 9.93. The highest BCUT2D eigenvalue weighted by molar-refractivity contribution is 5.78. The average Bonchev–Trinajstić information content (AvgIpc) is 2.77. The lowest BCUT2D eigenvalue weighted by molar-refractivity contribution is -0.134. The molecule has 1 atom stereocenters. The smallest absolute Gasteiger partial charge is 0.236 e. The van der Waals surface area contributed by atoms with Crippen LogP contribution >= 0.6 is 0 Å². The minimum absolute atomic E-state index is 0.288. The highest BCUT2D eigenvalue weighted by atomic mass is 16.2. The Bertz CT molecular complexity index is 862. The van der Waals surface area contributed by atoms with Gasteiger partial charge in [-0.15, -0.1) is 0 Å². The number of aromatic nitrogens is 2. The molecule has 4 rings (SSSR count). The van der Waals surface area contributed by atoms with Crippen LogP contribution in [0, 0.1) is 6.92 Å². The van der Waals surface area contributed by atoms with Crippen LogP contribution in [0.1, 0.15) is 56.2 Å². The van der Waals surface area contributed by atoms with Gasteiger partial charge in [0.2, 0.25) is 5.91 Å². The SMILES string of the molecule is Cc1cccnc1Nc1cccc(C2CCN(C(=O)CN3CCCC[C@H]3C)CC2)n1. The lowest BCUT2D eigenvalue weighted by Crippen LogP contribution is -2.47. The van der Waals surface area contributed by atoms with Gasteiger partial charge in [0.05, 0.1) is 6.54 Å². The van der Waals surface area contributed by atoms with Gasteiger partial charge < -0.3 is 10.2 Å². The van der Waals surface area contributed by atoms with E-state index in [1.165, 1.54) is 19.3 Å². The minimum atomic E-state index is 0.288. The summed E-state index contributed by atoms with van der Waals surface area (Å²) < 4.78 is 0. The van der Waals surface area contributed by atoms with Crippen LogP contribution in [-0.4, -0.2) is 57.9 Å². The molecule has 2 saturated heterocycles. The van der Waals surface area contributed by atoms with Crippen molar-refractivity contribution in [3.63, 3.8) is 0 Å². The quantitative estimate of drug-likeness (QED) is 0.808. The van der Waals surface area contributed by atoms with Crippen LogP contribution in [0.25, 0.3) is 0 Å². The van der Waals surface area contributed by atoms with Crippen LogP contribution in [0.3, 0.4) is 0 Å². The van der Waals surface area contributed by atoms with Crippen LogP contribution in [0.2, 0.25) is 0 Å². The van der Waals surface area contributed by atoms with E-state index in [0.717, 1.165) is 55.4 Å². The molecule has 2 fully saturated rings. The van der Waals surface area contributed by atoms with Gasteiger partial charge in [-0.2, -0.15) is 0 Å². The molecule has 30 heavy (non-hydrogen) atoms. The third-order valence-electron chi connectivity index (χ3n) is 6.57. The van der Waals surface area contributed by atoms with Crippen molar-refractivity contribution < 1.29 is 4.79 Å². The van der Waals surface area contributed by atoms with E-state index in [-0.39, 0.29) is 5.91 Å². The Morgan fingerprint density at radius 2 is 1.93 bits per heavy atom. The van der Waals surface area contributed by atoms with E-state index in [9.17, 15) is 4.79 Å². The number of nitrogens with zero attached hydrogens (tertiary/aromatic N) is 4. The summed E-state index contributed by atoms with van der Waals surface area (Å²) in [4.78, 5) is 26.4. The van der Waals surface area contributed by atoms with Gasteiger partial charge in [0.25, 0.3) is 0 Å². The zero-order chi connectivity index (χ0) is 20.9. The van der Waals surface area contributed by atoms with Crippen LogP contribution < -0.4 is 5.32 Å². The van der Waals surface area contributed by atoms with E-state index in [2.05, 4.69) is 39.2 Å². The molecular weight excluding hydrogens is 374 g/mol. The van der Waals surface area contributed by atoms with Gasteiger partial charge in [-0.05, 0) is 69.8 Å². The standard InChI is InChI=1S/C24H33N5O/c1-18-7-6-13-25-24(18)27-22-10-5-9-21(26-22)20-11-15-28(16-12-20)23(30)17-29-14-4-3-8-19(29)2/h5-7,9-10,13,19-20H,3-4,8,11-12,14-17H2,1-2H3,(H,25,26,27)/t19-/m1/s1. The van der Waals surface area contributed by atoms with Crippen molar-refractivity contribution in [3.8, 4) is 0 Å². The molecule has 4 heterocycles. The molecule has 6 heteroatoms. The summed E-state index contributed by atoms with van der Waals surface area (Å²) >= 11 is 0. The van der Waals surface area contributed by atoms with Gasteiger partial charge in [-0.1, -0.05) is 18.6 Å². The average molecular weight is 408 g/mol. The molecular formula is C24H33N5O. The van der Waals surface area contributed by atoms with Gasteiger partial charge in [0.1, 0.15) is 11.6 Å². The summed E-state index contributed by atoms with van der Waals surface area (Å²) in [5, 5.41) is 3.34. The molecule has 2 aliphatic heterocycles. The van der Waals surface area contributed by atoms with E-state index >= 15 is 0 Å². The second kappa shape index (κ2) is 9.56. The number of amides is 1. The fourth-order valence-corrected chi connectivity index (χ4v) is 4.58. The maximum Gasteiger partial charge on any atom is 0.236 e. The highest BCUT2D eigenvalue weighted by Crippen LogP contribution is 2.28. The summed E-state index contributed by atoms with van der Waals surface area (Å²) in [5.41, 5.74) is 2.20. The molecule has 0 spiro atoms. The van der Waals surface area contributed by atoms with Crippen molar-refractivity contribution in [2.45, 2.75) is 57.9 Å². The molecule has 0 radical (unpaired) electrons. The number of carbonyl (C=O) groups is 1. The Kier molecular flexibility index (Phi) is 6.62. The highest BCUT2D eigenvalue weighted by Gasteiger charge is 2.27. The molecule has 0 aromatic carbocycles. The number of piperidine rings is 2. The van der Waals surface area contributed by atoms with Crippen molar-refractivity contribution in [2.24, 2.45) is 0 Å². The summed E-state index contributed by atoms with van der Waals surface area (Å²) in [7, 11) is 0. The first-order valence-electron chi connectivity index (χ1n) is 11.3. The maximum atomic E-state index is 12.8. The molecule has 0 unspecified atom stereocenters. The Hall–Kier alpha value is -2.47. The lowest BCUT2D eigenvalue weighted by Gasteiger charge is -2.36. The molecule has 2 aromatic rings. The van der Waals surface area contributed by atoms with Crippen molar-refractivity contribution >= 4 is 17.5 Å². The van der Waals surface area contributed by atoms with Crippen molar-refractivity contribution in [2.75, 3.05) is 31.5 Å². The maximum absolute atomic E-state index is 12.8. The van der Waals surface area contributed by atoms with E-state index < -0.39 is 0 Å². The number of rotatable bonds is 5. The van der Waals surface area contributed by atoms with Gasteiger partial charge in [0.15, 0.2) is 0 Å². The van der Waals surface area contributed by atoms with E-state index in [4.69, 9.17) is 4.98 Å². The Morgan fingerprint density at radius 3 is 2.70 bits per heavy atom. The zero-order valence-corrected chi connectivity index (χ0v) is 18.2. The van der Waals surface area contributed by atoms with E-state index in [1.54, 1.807) is 6.20 Å². The Morgan fingerprint density at radius 1 is 1.10 bits per heavy atom. The van der Waals surface area contributed by atoms with Crippen molar-refractivity contribution in [1.29, 1.82) is 0 Å². The topological polar surface area (TPSA) is 61.4 Å². The predicted molar refractivity (Wildman–Crippen MR) is 120 cm³/mol. The molecule has 2 aromatic heterocycles. The normalized spacial score (nSPS) is 20.9. The first kappa shape index (κ1) is 20.8. The third-order valence-corrected chi connectivity index (χ3v) is 6.57. The van der Waals surface area contributed by atoms with Crippen LogP contribution in [0.15, 0.2) is 36.5 Å². The fourth-order valence-electron chi connectivity index (χ4n) is 4.58. The summed E-state index contributed by atoms with van der Waals surface area (Å²) in [6.45, 7) is 7.57. The number of pyridine rings is 2. The monoisotopic (exact) mass is 407 g/mol.